The van der Waals surface area contributed by atoms with Crippen molar-refractivity contribution in [2.45, 2.75) is 174 Å². The first kappa shape index (κ1) is 34.9. The third-order valence-electron chi connectivity index (χ3n) is 8.76. The Morgan fingerprint density at radius 3 is 1.92 bits per heavy atom. The van der Waals surface area contributed by atoms with Crippen molar-refractivity contribution >= 4 is 11.9 Å². The van der Waals surface area contributed by atoms with Crippen LogP contribution in [0.3, 0.4) is 0 Å². The maximum atomic E-state index is 12.6. The summed E-state index contributed by atoms with van der Waals surface area (Å²) in [6, 6.07) is 0.346. The summed E-state index contributed by atoms with van der Waals surface area (Å²) in [7, 11) is 2.18. The van der Waals surface area contributed by atoms with Crippen molar-refractivity contribution in [3.63, 3.8) is 0 Å². The molecule has 1 N–H and O–H groups in total. The van der Waals surface area contributed by atoms with E-state index in [9.17, 15) is 14.7 Å². The first-order valence-electron chi connectivity index (χ1n) is 16.5. The van der Waals surface area contributed by atoms with Crippen LogP contribution in [0, 0.1) is 11.8 Å². The van der Waals surface area contributed by atoms with Crippen LogP contribution in [0.2, 0.25) is 0 Å². The second-order valence-electron chi connectivity index (χ2n) is 12.1. The van der Waals surface area contributed by atoms with Crippen molar-refractivity contribution in [3.8, 4) is 0 Å². The number of piperidine rings is 1. The fourth-order valence-electron chi connectivity index (χ4n) is 6.20. The summed E-state index contributed by atoms with van der Waals surface area (Å²) in [6.07, 6.45) is 24.6. The Morgan fingerprint density at radius 2 is 1.29 bits per heavy atom. The standard InChI is InChI=1S/C33H63NO4/c1-5-8-11-13-14-15-16-20-28(31-27-29(33(36)37)25-26-34(31)4)21-18-19-24-32(35)38-30(22-10-7-3)23-17-12-9-6-2/h28-31H,5-27H2,1-4H3,(H,36,37). The lowest BCUT2D eigenvalue weighted by atomic mass is 9.79. The molecule has 0 aromatic rings. The fraction of sp³-hybridized carbons (Fsp3) is 0.939. The molecule has 5 nitrogen and oxygen atoms in total. The average molecular weight is 538 g/mol. The maximum absolute atomic E-state index is 12.6. The van der Waals surface area contributed by atoms with Gasteiger partial charge in [0, 0.05) is 12.5 Å². The molecule has 0 radical (unpaired) electrons. The highest BCUT2D eigenvalue weighted by Gasteiger charge is 2.34. The number of likely N-dealkylation sites (tertiary alicyclic amines) is 1. The van der Waals surface area contributed by atoms with Crippen LogP contribution in [0.25, 0.3) is 0 Å². The number of carboxylic acids is 1. The van der Waals surface area contributed by atoms with Crippen molar-refractivity contribution in [1.82, 2.24) is 4.90 Å². The van der Waals surface area contributed by atoms with Gasteiger partial charge >= 0.3 is 11.9 Å². The number of carboxylic acid groups (broad SMARTS) is 1. The highest BCUT2D eigenvalue weighted by atomic mass is 16.5. The summed E-state index contributed by atoms with van der Waals surface area (Å²) in [5.74, 6) is -0.344. The number of hydrogen-bond acceptors (Lipinski definition) is 4. The highest BCUT2D eigenvalue weighted by Crippen LogP contribution is 2.33. The minimum atomic E-state index is -0.632. The third-order valence-corrected chi connectivity index (χ3v) is 8.76. The second kappa shape index (κ2) is 22.7. The number of aliphatic carboxylic acids is 1. The predicted molar refractivity (Wildman–Crippen MR) is 160 cm³/mol. The molecule has 1 heterocycles. The number of rotatable bonds is 24. The molecule has 0 saturated carbocycles. The Kier molecular flexibility index (Phi) is 20.9. The molecule has 0 aliphatic carbocycles. The Morgan fingerprint density at radius 1 is 0.763 bits per heavy atom. The zero-order chi connectivity index (χ0) is 28.0. The van der Waals surface area contributed by atoms with Gasteiger partial charge in [-0.2, -0.15) is 0 Å². The van der Waals surface area contributed by atoms with Crippen LogP contribution in [0.1, 0.15) is 162 Å². The SMILES string of the molecule is CCCCCCCCCC(CCCCC(=O)OC(CCCC)CCCCCC)C1CC(C(=O)O)CCN1C. The van der Waals surface area contributed by atoms with Gasteiger partial charge in [-0.05, 0) is 70.9 Å². The number of esters is 1. The Bertz CT molecular complexity index is 596. The van der Waals surface area contributed by atoms with E-state index in [0.717, 1.165) is 70.8 Å². The highest BCUT2D eigenvalue weighted by molar-refractivity contribution is 5.70. The molecule has 0 spiro atoms. The first-order valence-corrected chi connectivity index (χ1v) is 16.5. The minimum absolute atomic E-state index is 0.0223. The lowest BCUT2D eigenvalue weighted by Gasteiger charge is -2.40. The quantitative estimate of drug-likeness (QED) is 0.0982. The molecule has 5 heteroatoms. The van der Waals surface area contributed by atoms with E-state index >= 15 is 0 Å². The monoisotopic (exact) mass is 537 g/mol. The van der Waals surface area contributed by atoms with E-state index in [1.807, 2.05) is 0 Å². The minimum Gasteiger partial charge on any atom is -0.481 e. The van der Waals surface area contributed by atoms with Crippen molar-refractivity contribution in [2.75, 3.05) is 13.6 Å². The van der Waals surface area contributed by atoms with E-state index in [0.29, 0.717) is 18.4 Å². The number of unbranched alkanes of at least 4 members (excludes halogenated alkanes) is 11. The predicted octanol–water partition coefficient (Wildman–Crippen LogP) is 9.17. The molecule has 1 fully saturated rings. The number of hydrogen-bond donors (Lipinski definition) is 1. The molecule has 0 aromatic carbocycles. The molecule has 4 unspecified atom stereocenters. The van der Waals surface area contributed by atoms with Crippen LogP contribution in [-0.4, -0.2) is 47.7 Å². The van der Waals surface area contributed by atoms with Crippen LogP contribution in [0.15, 0.2) is 0 Å². The van der Waals surface area contributed by atoms with Crippen LogP contribution in [-0.2, 0) is 14.3 Å². The molecule has 224 valence electrons. The topological polar surface area (TPSA) is 66.8 Å². The Labute approximate surface area is 235 Å². The largest absolute Gasteiger partial charge is 0.481 e. The van der Waals surface area contributed by atoms with E-state index in [4.69, 9.17) is 4.74 Å². The van der Waals surface area contributed by atoms with Crippen molar-refractivity contribution in [3.05, 3.63) is 0 Å². The molecular weight excluding hydrogens is 474 g/mol. The molecule has 1 saturated heterocycles. The summed E-state index contributed by atoms with van der Waals surface area (Å²) < 4.78 is 5.92. The number of ether oxygens (including phenoxy) is 1. The zero-order valence-corrected chi connectivity index (χ0v) is 25.7. The Hall–Kier alpha value is -1.10. The maximum Gasteiger partial charge on any atom is 0.306 e. The van der Waals surface area contributed by atoms with E-state index < -0.39 is 5.97 Å². The molecule has 0 aromatic heterocycles. The Balaban J connectivity index is 2.53. The molecule has 38 heavy (non-hydrogen) atoms. The molecule has 0 bridgehead atoms. The van der Waals surface area contributed by atoms with Gasteiger partial charge in [0.05, 0.1) is 5.92 Å². The number of nitrogens with zero attached hydrogens (tertiary/aromatic N) is 1. The number of carbonyl (C=O) groups is 2. The molecule has 4 atom stereocenters. The van der Waals surface area contributed by atoms with Gasteiger partial charge in [0.25, 0.3) is 0 Å². The normalized spacial score (nSPS) is 19.8. The van der Waals surface area contributed by atoms with E-state index in [1.54, 1.807) is 0 Å². The molecular formula is C33H63NO4. The third kappa shape index (κ3) is 16.1. The van der Waals surface area contributed by atoms with Gasteiger partial charge in [-0.25, -0.2) is 0 Å². The van der Waals surface area contributed by atoms with Gasteiger partial charge < -0.3 is 14.7 Å². The lowest BCUT2D eigenvalue weighted by Crippen LogP contribution is -2.46. The van der Waals surface area contributed by atoms with Crippen molar-refractivity contribution in [2.24, 2.45) is 11.8 Å². The van der Waals surface area contributed by atoms with Gasteiger partial charge in [-0.1, -0.05) is 104 Å². The van der Waals surface area contributed by atoms with Gasteiger partial charge in [0.2, 0.25) is 0 Å². The van der Waals surface area contributed by atoms with Crippen LogP contribution >= 0.6 is 0 Å². The molecule has 1 aliphatic heterocycles. The molecule has 1 aliphatic rings. The van der Waals surface area contributed by atoms with E-state index in [-0.39, 0.29) is 18.0 Å². The summed E-state index contributed by atoms with van der Waals surface area (Å²) in [4.78, 5) is 26.8. The van der Waals surface area contributed by atoms with Gasteiger partial charge in [-0.3, -0.25) is 9.59 Å². The smallest absolute Gasteiger partial charge is 0.306 e. The van der Waals surface area contributed by atoms with E-state index in [2.05, 4.69) is 32.7 Å². The molecule has 1 rings (SSSR count). The summed E-state index contributed by atoms with van der Waals surface area (Å²) in [5, 5.41) is 9.65. The lowest BCUT2D eigenvalue weighted by molar-refractivity contribution is -0.150. The van der Waals surface area contributed by atoms with Crippen LogP contribution < -0.4 is 0 Å². The van der Waals surface area contributed by atoms with E-state index in [1.165, 1.54) is 70.6 Å². The van der Waals surface area contributed by atoms with Crippen LogP contribution in [0.5, 0.6) is 0 Å². The van der Waals surface area contributed by atoms with Gasteiger partial charge in [-0.15, -0.1) is 0 Å². The van der Waals surface area contributed by atoms with Gasteiger partial charge in [0.15, 0.2) is 0 Å². The fourth-order valence-corrected chi connectivity index (χ4v) is 6.20. The second-order valence-corrected chi connectivity index (χ2v) is 12.1. The summed E-state index contributed by atoms with van der Waals surface area (Å²) >= 11 is 0. The zero-order valence-electron chi connectivity index (χ0n) is 25.7. The number of carbonyl (C=O) groups excluding carboxylic acids is 1. The van der Waals surface area contributed by atoms with Crippen LogP contribution in [0.4, 0.5) is 0 Å². The first-order chi connectivity index (χ1) is 18.4. The van der Waals surface area contributed by atoms with Gasteiger partial charge in [0.1, 0.15) is 6.10 Å². The molecule has 0 amide bonds. The van der Waals surface area contributed by atoms with Crippen molar-refractivity contribution in [1.29, 1.82) is 0 Å². The summed E-state index contributed by atoms with van der Waals surface area (Å²) in [6.45, 7) is 7.56. The summed E-state index contributed by atoms with van der Waals surface area (Å²) in [5.41, 5.74) is 0. The van der Waals surface area contributed by atoms with Crippen molar-refractivity contribution < 1.29 is 19.4 Å². The average Bonchev–Trinajstić information content (AvgIpc) is 2.90.